The van der Waals surface area contributed by atoms with E-state index in [1.807, 2.05) is 36.5 Å². The molecule has 1 aromatic heterocycles. The molecule has 176 valence electrons. The van der Waals surface area contributed by atoms with Crippen LogP contribution in [0.2, 0.25) is 0 Å². The van der Waals surface area contributed by atoms with Gasteiger partial charge in [-0.25, -0.2) is 9.59 Å². The monoisotopic (exact) mass is 463 g/mol. The molecule has 0 saturated carbocycles. The number of thiophene rings is 1. The smallest absolute Gasteiger partial charge is 0.328 e. The standard InChI is InChI=1S/C20H29NO2S.C4H4O4/c1-16(20(21)22)10-11-19-13-12-18(24-19)9-5-6-14-23-15-17-7-3-2-4-8-17;5-3(6)1-2-4(7)8/h2-4,7-8,12-13,16,20,22H,5-6,9-11,14-15,21H2,1H3;1-2H,(H,5,6)(H,7,8)/b;2-1-/t16-,20?;/m1./s1. The number of carboxylic acids is 2. The summed E-state index contributed by atoms with van der Waals surface area (Å²) in [4.78, 5) is 21.9. The Morgan fingerprint density at radius 3 is 2.16 bits per heavy atom. The molecular formula is C24H33NO6S. The van der Waals surface area contributed by atoms with E-state index < -0.39 is 18.2 Å². The number of aliphatic hydroxyl groups excluding tert-OH is 1. The Morgan fingerprint density at radius 1 is 1.00 bits per heavy atom. The second-order valence-electron chi connectivity index (χ2n) is 7.38. The zero-order valence-electron chi connectivity index (χ0n) is 18.4. The first kappa shape index (κ1) is 27.5. The minimum Gasteiger partial charge on any atom is -0.478 e. The van der Waals surface area contributed by atoms with Gasteiger partial charge in [-0.05, 0) is 55.7 Å². The molecule has 2 atom stereocenters. The third-order valence-electron chi connectivity index (χ3n) is 4.59. The summed E-state index contributed by atoms with van der Waals surface area (Å²) in [5.74, 6) is -2.36. The molecule has 0 aliphatic carbocycles. The number of rotatable bonds is 13. The Bertz CT molecular complexity index is 803. The van der Waals surface area contributed by atoms with E-state index in [1.54, 1.807) is 0 Å². The molecule has 0 aliphatic rings. The van der Waals surface area contributed by atoms with Gasteiger partial charge in [-0.15, -0.1) is 11.3 Å². The number of nitrogens with two attached hydrogens (primary N) is 1. The van der Waals surface area contributed by atoms with Crippen LogP contribution < -0.4 is 5.73 Å². The molecule has 0 fully saturated rings. The molecule has 2 aromatic rings. The summed E-state index contributed by atoms with van der Waals surface area (Å²) < 4.78 is 5.72. The van der Waals surface area contributed by atoms with Gasteiger partial charge in [0.25, 0.3) is 0 Å². The molecule has 1 unspecified atom stereocenters. The number of aryl methyl sites for hydroxylation is 2. The minimum absolute atomic E-state index is 0.150. The fourth-order valence-corrected chi connectivity index (χ4v) is 3.72. The number of aliphatic hydroxyl groups is 1. The Hall–Kier alpha value is -2.52. The van der Waals surface area contributed by atoms with E-state index in [2.05, 4.69) is 24.3 Å². The maximum absolute atomic E-state index is 9.55. The van der Waals surface area contributed by atoms with Gasteiger partial charge in [-0.1, -0.05) is 37.3 Å². The van der Waals surface area contributed by atoms with E-state index >= 15 is 0 Å². The van der Waals surface area contributed by atoms with Crippen LogP contribution in [0.25, 0.3) is 0 Å². The second-order valence-corrected chi connectivity index (χ2v) is 8.63. The van der Waals surface area contributed by atoms with Gasteiger partial charge in [0.1, 0.15) is 6.23 Å². The van der Waals surface area contributed by atoms with Gasteiger partial charge in [-0.2, -0.15) is 0 Å². The van der Waals surface area contributed by atoms with Crippen molar-refractivity contribution in [1.82, 2.24) is 0 Å². The van der Waals surface area contributed by atoms with Crippen molar-refractivity contribution >= 4 is 23.3 Å². The lowest BCUT2D eigenvalue weighted by Gasteiger charge is -2.13. The van der Waals surface area contributed by atoms with E-state index in [1.165, 1.54) is 15.3 Å². The topological polar surface area (TPSA) is 130 Å². The quantitative estimate of drug-likeness (QED) is 0.202. The van der Waals surface area contributed by atoms with E-state index in [9.17, 15) is 14.7 Å². The lowest BCUT2D eigenvalue weighted by Crippen LogP contribution is -2.27. The average molecular weight is 464 g/mol. The molecular weight excluding hydrogens is 430 g/mol. The van der Waals surface area contributed by atoms with Gasteiger partial charge in [0, 0.05) is 28.5 Å². The number of aliphatic carboxylic acids is 2. The molecule has 32 heavy (non-hydrogen) atoms. The minimum atomic E-state index is -1.26. The zero-order chi connectivity index (χ0) is 23.8. The maximum atomic E-state index is 9.55. The lowest BCUT2D eigenvalue weighted by atomic mass is 10.0. The van der Waals surface area contributed by atoms with Gasteiger partial charge in [0.05, 0.1) is 6.61 Å². The highest BCUT2D eigenvalue weighted by Crippen LogP contribution is 2.21. The first-order valence-electron chi connectivity index (χ1n) is 10.5. The number of hydrogen-bond acceptors (Lipinski definition) is 6. The Morgan fingerprint density at radius 2 is 1.59 bits per heavy atom. The summed E-state index contributed by atoms with van der Waals surface area (Å²) in [6.45, 7) is 3.52. The molecule has 0 spiro atoms. The van der Waals surface area contributed by atoms with Crippen molar-refractivity contribution in [3.8, 4) is 0 Å². The lowest BCUT2D eigenvalue weighted by molar-refractivity contribution is -0.134. The average Bonchev–Trinajstić information content (AvgIpc) is 3.22. The Labute approximate surface area is 193 Å². The highest BCUT2D eigenvalue weighted by molar-refractivity contribution is 7.11. The summed E-state index contributed by atoms with van der Waals surface area (Å²) in [7, 11) is 0. The molecule has 7 nitrogen and oxygen atoms in total. The van der Waals surface area contributed by atoms with Gasteiger partial charge in [0.2, 0.25) is 0 Å². The molecule has 0 aliphatic heterocycles. The molecule has 0 radical (unpaired) electrons. The molecule has 0 saturated heterocycles. The summed E-state index contributed by atoms with van der Waals surface area (Å²) >= 11 is 1.88. The van der Waals surface area contributed by atoms with Crippen LogP contribution >= 0.6 is 11.3 Å². The number of hydrogen-bond donors (Lipinski definition) is 4. The number of carbonyl (C=O) groups is 2. The number of unbranched alkanes of at least 4 members (excludes halogenated alkanes) is 1. The van der Waals surface area contributed by atoms with Crippen molar-refractivity contribution in [3.05, 3.63) is 69.9 Å². The zero-order valence-corrected chi connectivity index (χ0v) is 19.2. The number of ether oxygens (including phenoxy) is 1. The maximum Gasteiger partial charge on any atom is 0.328 e. The summed E-state index contributed by atoms with van der Waals surface area (Å²) in [6, 6.07) is 14.7. The normalized spacial score (nSPS) is 12.7. The molecule has 1 heterocycles. The van der Waals surface area contributed by atoms with Crippen LogP contribution in [-0.2, 0) is 33.8 Å². The van der Waals surface area contributed by atoms with Crippen LogP contribution in [0.3, 0.4) is 0 Å². The fourth-order valence-electron chi connectivity index (χ4n) is 2.64. The van der Waals surface area contributed by atoms with Crippen LogP contribution in [0.1, 0.15) is 41.5 Å². The highest BCUT2D eigenvalue weighted by Gasteiger charge is 2.10. The van der Waals surface area contributed by atoms with E-state index in [0.29, 0.717) is 18.8 Å². The molecule has 8 heteroatoms. The first-order valence-corrected chi connectivity index (χ1v) is 11.4. The van der Waals surface area contributed by atoms with Crippen LogP contribution in [-0.4, -0.2) is 40.1 Å². The van der Waals surface area contributed by atoms with Crippen LogP contribution in [0.5, 0.6) is 0 Å². The van der Waals surface area contributed by atoms with Crippen molar-refractivity contribution in [2.75, 3.05) is 6.61 Å². The van der Waals surface area contributed by atoms with E-state index in [0.717, 1.165) is 38.7 Å². The van der Waals surface area contributed by atoms with Crippen LogP contribution in [0, 0.1) is 5.92 Å². The van der Waals surface area contributed by atoms with Crippen molar-refractivity contribution in [2.45, 2.75) is 51.9 Å². The molecule has 0 bridgehead atoms. The van der Waals surface area contributed by atoms with E-state index in [-0.39, 0.29) is 5.92 Å². The molecule has 5 N–H and O–H groups in total. The van der Waals surface area contributed by atoms with Crippen LogP contribution in [0.15, 0.2) is 54.6 Å². The predicted octanol–water partition coefficient (Wildman–Crippen LogP) is 3.85. The van der Waals surface area contributed by atoms with Crippen molar-refractivity contribution in [3.63, 3.8) is 0 Å². The van der Waals surface area contributed by atoms with Crippen molar-refractivity contribution in [1.29, 1.82) is 0 Å². The van der Waals surface area contributed by atoms with Crippen molar-refractivity contribution < 1.29 is 29.6 Å². The molecule has 0 amide bonds. The highest BCUT2D eigenvalue weighted by atomic mass is 32.1. The van der Waals surface area contributed by atoms with Crippen LogP contribution in [0.4, 0.5) is 0 Å². The van der Waals surface area contributed by atoms with E-state index in [4.69, 9.17) is 20.7 Å². The summed E-state index contributed by atoms with van der Waals surface area (Å²) in [5, 5.41) is 25.0. The molecule has 1 aromatic carbocycles. The Kier molecular flexibility index (Phi) is 13.9. The SMILES string of the molecule is C[C@H](CCc1ccc(CCCCOCc2ccccc2)s1)C(N)O.O=C(O)/C=C\C(=O)O. The fraction of sp³-hybridized carbons (Fsp3) is 0.417. The first-order chi connectivity index (χ1) is 15.3. The van der Waals surface area contributed by atoms with Gasteiger partial charge < -0.3 is 25.8 Å². The second kappa shape index (κ2) is 16.2. The summed E-state index contributed by atoms with van der Waals surface area (Å²) in [6.07, 6.45) is 5.72. The van der Waals surface area contributed by atoms with Gasteiger partial charge in [-0.3, -0.25) is 0 Å². The number of benzene rings is 1. The van der Waals surface area contributed by atoms with Gasteiger partial charge in [0.15, 0.2) is 0 Å². The van der Waals surface area contributed by atoms with Crippen molar-refractivity contribution in [2.24, 2.45) is 11.7 Å². The number of carboxylic acid groups (broad SMARTS) is 2. The third kappa shape index (κ3) is 13.7. The molecule has 2 rings (SSSR count). The third-order valence-corrected chi connectivity index (χ3v) is 5.79. The predicted molar refractivity (Wildman–Crippen MR) is 125 cm³/mol. The largest absolute Gasteiger partial charge is 0.478 e. The summed E-state index contributed by atoms with van der Waals surface area (Å²) in [5.41, 5.74) is 6.73. The van der Waals surface area contributed by atoms with Gasteiger partial charge >= 0.3 is 11.9 Å². The Balaban J connectivity index is 0.000000547.